The molecule has 4 nitrogen and oxygen atoms in total. The van der Waals surface area contributed by atoms with Gasteiger partial charge in [-0.25, -0.2) is 9.36 Å². The van der Waals surface area contributed by atoms with Gasteiger partial charge in [0, 0.05) is 11.8 Å². The van der Waals surface area contributed by atoms with Crippen LogP contribution < -0.4 is 11.2 Å². The lowest BCUT2D eigenvalue weighted by atomic mass is 9.86. The van der Waals surface area contributed by atoms with Crippen molar-refractivity contribution in [1.82, 2.24) is 9.13 Å². The first-order chi connectivity index (χ1) is 13.2. The Morgan fingerprint density at radius 2 is 1.44 bits per heavy atom. The number of para-hydroxylation sites is 1. The molecule has 27 heavy (non-hydrogen) atoms. The van der Waals surface area contributed by atoms with Gasteiger partial charge in [-0.2, -0.15) is 0 Å². The predicted molar refractivity (Wildman–Crippen MR) is 108 cm³/mol. The average Bonchev–Trinajstić information content (AvgIpc) is 2.72. The van der Waals surface area contributed by atoms with E-state index in [9.17, 15) is 9.59 Å². The van der Waals surface area contributed by atoms with Crippen LogP contribution in [-0.2, 0) is 6.54 Å². The van der Waals surface area contributed by atoms with E-state index in [1.54, 1.807) is 22.8 Å². The fourth-order valence-electron chi connectivity index (χ4n) is 4.07. The largest absolute Gasteiger partial charge is 0.336 e. The van der Waals surface area contributed by atoms with Crippen LogP contribution in [0.1, 0.15) is 49.3 Å². The molecule has 1 aromatic heterocycles. The van der Waals surface area contributed by atoms with Gasteiger partial charge in [-0.05, 0) is 36.5 Å². The van der Waals surface area contributed by atoms with Crippen LogP contribution in [0, 0.1) is 0 Å². The van der Waals surface area contributed by atoms with Crippen molar-refractivity contribution in [3.8, 4) is 5.69 Å². The summed E-state index contributed by atoms with van der Waals surface area (Å²) in [6.07, 6.45) is 5.64. The second-order valence-corrected chi connectivity index (χ2v) is 7.27. The minimum absolute atomic E-state index is 0.240. The van der Waals surface area contributed by atoms with E-state index in [0.717, 1.165) is 36.9 Å². The Kier molecular flexibility index (Phi) is 5.05. The van der Waals surface area contributed by atoms with E-state index >= 15 is 0 Å². The van der Waals surface area contributed by atoms with Crippen LogP contribution >= 0.6 is 0 Å². The molecule has 0 amide bonds. The van der Waals surface area contributed by atoms with Gasteiger partial charge in [-0.3, -0.25) is 9.36 Å². The third-order valence-electron chi connectivity index (χ3n) is 5.45. The number of hydrogen-bond donors (Lipinski definition) is 0. The Labute approximate surface area is 158 Å². The van der Waals surface area contributed by atoms with Gasteiger partial charge in [0.2, 0.25) is 0 Å². The molecule has 0 radical (unpaired) electrons. The first-order valence-electron chi connectivity index (χ1n) is 9.70. The van der Waals surface area contributed by atoms with Gasteiger partial charge in [0.05, 0.1) is 12.2 Å². The van der Waals surface area contributed by atoms with Gasteiger partial charge in [-0.1, -0.05) is 67.8 Å². The lowest BCUT2D eigenvalue weighted by Gasteiger charge is -2.25. The van der Waals surface area contributed by atoms with Crippen LogP contribution in [0.3, 0.4) is 0 Å². The van der Waals surface area contributed by atoms with Crippen molar-refractivity contribution in [2.75, 3.05) is 0 Å². The Morgan fingerprint density at radius 3 is 2.11 bits per heavy atom. The molecule has 3 aromatic rings. The maximum absolute atomic E-state index is 13.4. The molecule has 138 valence electrons. The molecule has 0 spiro atoms. The highest BCUT2D eigenvalue weighted by molar-refractivity contribution is 5.32. The van der Waals surface area contributed by atoms with Gasteiger partial charge in [-0.15, -0.1) is 0 Å². The van der Waals surface area contributed by atoms with Crippen molar-refractivity contribution in [3.63, 3.8) is 0 Å². The van der Waals surface area contributed by atoms with E-state index in [4.69, 9.17) is 0 Å². The van der Waals surface area contributed by atoms with E-state index in [1.165, 1.54) is 11.0 Å². The summed E-state index contributed by atoms with van der Waals surface area (Å²) >= 11 is 0. The molecule has 4 rings (SSSR count). The molecule has 1 saturated carbocycles. The molecule has 1 aliphatic carbocycles. The van der Waals surface area contributed by atoms with Crippen molar-refractivity contribution in [2.45, 2.75) is 44.6 Å². The van der Waals surface area contributed by atoms with Gasteiger partial charge >= 0.3 is 5.69 Å². The van der Waals surface area contributed by atoms with E-state index in [1.807, 2.05) is 48.5 Å². The molecule has 0 aliphatic heterocycles. The molecule has 0 bridgehead atoms. The van der Waals surface area contributed by atoms with Gasteiger partial charge in [0.1, 0.15) is 0 Å². The summed E-state index contributed by atoms with van der Waals surface area (Å²) in [6.45, 7) is 0.485. The summed E-state index contributed by atoms with van der Waals surface area (Å²) in [5.74, 6) is 0.285. The molecular weight excluding hydrogens is 336 g/mol. The summed E-state index contributed by atoms with van der Waals surface area (Å²) in [4.78, 5) is 26.2. The Bertz CT molecular complexity index is 1010. The summed E-state index contributed by atoms with van der Waals surface area (Å²) in [5.41, 5.74) is 2.08. The quantitative estimate of drug-likeness (QED) is 0.703. The zero-order chi connectivity index (χ0) is 18.6. The number of benzene rings is 2. The average molecular weight is 360 g/mol. The molecule has 0 N–H and O–H groups in total. The lowest BCUT2D eigenvalue weighted by molar-refractivity contribution is 0.418. The second-order valence-electron chi connectivity index (χ2n) is 7.27. The minimum atomic E-state index is -0.252. The molecule has 0 unspecified atom stereocenters. The highest BCUT2D eigenvalue weighted by Crippen LogP contribution is 2.31. The van der Waals surface area contributed by atoms with E-state index < -0.39 is 0 Å². The second kappa shape index (κ2) is 7.78. The highest BCUT2D eigenvalue weighted by atomic mass is 16.2. The van der Waals surface area contributed by atoms with E-state index in [-0.39, 0.29) is 17.2 Å². The van der Waals surface area contributed by atoms with Gasteiger partial charge < -0.3 is 0 Å². The first-order valence-corrected chi connectivity index (χ1v) is 9.70. The molecule has 4 heteroatoms. The molecule has 1 heterocycles. The fourth-order valence-corrected chi connectivity index (χ4v) is 4.07. The zero-order valence-electron chi connectivity index (χ0n) is 15.4. The standard InChI is InChI=1S/C23H24N2O2/c26-22-16-21(19-12-6-2-7-13-19)24(17-18-10-4-1-5-11-18)23(27)25(22)20-14-8-3-9-15-20/h1,3-5,8-11,14-16,19H,2,6-7,12-13,17H2. The topological polar surface area (TPSA) is 44.0 Å². The van der Waals surface area contributed by atoms with Crippen molar-refractivity contribution < 1.29 is 0 Å². The van der Waals surface area contributed by atoms with Crippen LogP contribution in [0.4, 0.5) is 0 Å². The number of nitrogens with zero attached hydrogens (tertiary/aromatic N) is 2. The lowest BCUT2D eigenvalue weighted by Crippen LogP contribution is -2.41. The molecule has 1 fully saturated rings. The third kappa shape index (κ3) is 3.65. The van der Waals surface area contributed by atoms with Crippen LogP contribution in [0.5, 0.6) is 0 Å². The van der Waals surface area contributed by atoms with E-state index in [0.29, 0.717) is 12.2 Å². The molecule has 1 aliphatic rings. The number of hydrogen-bond acceptors (Lipinski definition) is 2. The predicted octanol–water partition coefficient (Wildman–Crippen LogP) is 4.10. The molecule has 0 saturated heterocycles. The molecule has 0 atom stereocenters. The number of aromatic nitrogens is 2. The summed E-state index contributed by atoms with van der Waals surface area (Å²) in [6, 6.07) is 20.8. The highest BCUT2D eigenvalue weighted by Gasteiger charge is 2.22. The molecular formula is C23H24N2O2. The fraction of sp³-hybridized carbons (Fsp3) is 0.304. The van der Waals surface area contributed by atoms with Crippen molar-refractivity contribution in [2.24, 2.45) is 0 Å². The Morgan fingerprint density at radius 1 is 0.815 bits per heavy atom. The Balaban J connectivity index is 1.88. The van der Waals surface area contributed by atoms with Crippen LogP contribution in [0.25, 0.3) is 5.69 Å². The maximum atomic E-state index is 13.4. The minimum Gasteiger partial charge on any atom is -0.293 e. The van der Waals surface area contributed by atoms with Crippen molar-refractivity contribution in [3.05, 3.63) is 98.8 Å². The monoisotopic (exact) mass is 360 g/mol. The SMILES string of the molecule is O=c1cc(C2CCCCC2)n(Cc2ccccc2)c(=O)n1-c1ccccc1. The van der Waals surface area contributed by atoms with Gasteiger partial charge in [0.15, 0.2) is 0 Å². The number of rotatable bonds is 4. The maximum Gasteiger partial charge on any atom is 0.336 e. The summed E-state index contributed by atoms with van der Waals surface area (Å²) in [5, 5.41) is 0. The first kappa shape index (κ1) is 17.5. The molecule has 2 aromatic carbocycles. The smallest absolute Gasteiger partial charge is 0.293 e. The summed E-state index contributed by atoms with van der Waals surface area (Å²) < 4.78 is 3.09. The van der Waals surface area contributed by atoms with E-state index in [2.05, 4.69) is 0 Å². The van der Waals surface area contributed by atoms with Crippen LogP contribution in [-0.4, -0.2) is 9.13 Å². The summed E-state index contributed by atoms with van der Waals surface area (Å²) in [7, 11) is 0. The van der Waals surface area contributed by atoms with Crippen molar-refractivity contribution >= 4 is 0 Å². The zero-order valence-corrected chi connectivity index (χ0v) is 15.4. The van der Waals surface area contributed by atoms with Gasteiger partial charge in [0.25, 0.3) is 5.56 Å². The Hall–Kier alpha value is -2.88. The third-order valence-corrected chi connectivity index (χ3v) is 5.45. The van der Waals surface area contributed by atoms with Crippen molar-refractivity contribution in [1.29, 1.82) is 0 Å². The normalized spacial score (nSPS) is 15.0. The van der Waals surface area contributed by atoms with Crippen LogP contribution in [0.2, 0.25) is 0 Å². The van der Waals surface area contributed by atoms with Crippen LogP contribution in [0.15, 0.2) is 76.3 Å².